The van der Waals surface area contributed by atoms with Crippen LogP contribution in [-0.2, 0) is 23.7 Å². The van der Waals surface area contributed by atoms with E-state index in [9.17, 15) is 45.6 Å². The van der Waals surface area contributed by atoms with Crippen LogP contribution in [0, 0.1) is 0 Å². The first-order valence-corrected chi connectivity index (χ1v) is 34.5. The number of hydrogen-bond acceptors (Lipinski definition) is 13. The Morgan fingerprint density at radius 2 is 0.814 bits per heavy atom. The van der Waals surface area contributed by atoms with Crippen molar-refractivity contribution in [2.24, 2.45) is 0 Å². The second kappa shape index (κ2) is 55.9. The Hall–Kier alpha value is -3.09. The van der Waals surface area contributed by atoms with Crippen LogP contribution < -0.4 is 5.32 Å². The van der Waals surface area contributed by atoms with Crippen LogP contribution in [0.1, 0.15) is 258 Å². The van der Waals surface area contributed by atoms with Gasteiger partial charge in [0.05, 0.1) is 32.0 Å². The molecule has 2 rings (SSSR count). The number of ether oxygens (including phenoxy) is 4. The fraction of sp³-hybridized carbons (Fsp3) is 0.764. The predicted molar refractivity (Wildman–Crippen MR) is 350 cm³/mol. The molecule has 9 N–H and O–H groups in total. The van der Waals surface area contributed by atoms with Crippen molar-refractivity contribution in [1.82, 2.24) is 5.32 Å². The summed E-state index contributed by atoms with van der Waals surface area (Å²) in [5.74, 6) is -0.267. The van der Waals surface area contributed by atoms with Crippen LogP contribution in [0.15, 0.2) is 97.2 Å². The van der Waals surface area contributed by atoms with Crippen molar-refractivity contribution < 1.29 is 64.6 Å². The molecule has 0 aliphatic carbocycles. The van der Waals surface area contributed by atoms with Crippen molar-refractivity contribution in [2.45, 2.75) is 331 Å². The molecule has 12 unspecified atom stereocenters. The van der Waals surface area contributed by atoms with Gasteiger partial charge in [0.1, 0.15) is 48.8 Å². The lowest BCUT2D eigenvalue weighted by Gasteiger charge is -2.46. The normalized spacial score (nSPS) is 24.0. The van der Waals surface area contributed by atoms with Gasteiger partial charge in [0.25, 0.3) is 0 Å². The molecule has 0 aromatic rings. The summed E-state index contributed by atoms with van der Waals surface area (Å²) in [4.78, 5) is 13.3. The second-order valence-electron chi connectivity index (χ2n) is 23.9. The lowest BCUT2D eigenvalue weighted by atomic mass is 9.97. The molecule has 0 bridgehead atoms. The maximum absolute atomic E-state index is 13.3. The summed E-state index contributed by atoms with van der Waals surface area (Å²) >= 11 is 0. The number of carbonyl (C=O) groups is 1. The zero-order valence-corrected chi connectivity index (χ0v) is 53.8. The third-order valence-electron chi connectivity index (χ3n) is 16.2. The zero-order valence-electron chi connectivity index (χ0n) is 53.8. The molecule has 496 valence electrons. The minimum Gasteiger partial charge on any atom is -0.394 e. The van der Waals surface area contributed by atoms with Crippen LogP contribution in [0.4, 0.5) is 0 Å². The second-order valence-corrected chi connectivity index (χ2v) is 23.9. The van der Waals surface area contributed by atoms with E-state index in [0.29, 0.717) is 12.8 Å². The number of amides is 1. The van der Waals surface area contributed by atoms with Crippen molar-refractivity contribution in [3.8, 4) is 0 Å². The minimum absolute atomic E-state index is 0.251. The van der Waals surface area contributed by atoms with Crippen molar-refractivity contribution in [1.29, 1.82) is 0 Å². The average molecular weight is 1210 g/mol. The molecule has 14 heteroatoms. The molecule has 0 aromatic carbocycles. The monoisotopic (exact) mass is 1210 g/mol. The van der Waals surface area contributed by atoms with Crippen LogP contribution in [-0.4, -0.2) is 140 Å². The Balaban J connectivity index is 1.73. The van der Waals surface area contributed by atoms with Gasteiger partial charge >= 0.3 is 0 Å². The zero-order chi connectivity index (χ0) is 62.3. The molecule has 2 aliphatic rings. The van der Waals surface area contributed by atoms with E-state index in [1.54, 1.807) is 6.08 Å². The third-order valence-corrected chi connectivity index (χ3v) is 16.2. The first kappa shape index (κ1) is 79.0. The van der Waals surface area contributed by atoms with Crippen LogP contribution in [0.5, 0.6) is 0 Å². The largest absolute Gasteiger partial charge is 0.394 e. The molecule has 1 amide bonds. The topological polar surface area (TPSA) is 228 Å². The number of nitrogens with one attached hydrogen (secondary N) is 1. The van der Waals surface area contributed by atoms with E-state index in [4.69, 9.17) is 18.9 Å². The summed E-state index contributed by atoms with van der Waals surface area (Å²) in [6, 6.07) is -0.952. The van der Waals surface area contributed by atoms with Crippen molar-refractivity contribution in [3.63, 3.8) is 0 Å². The van der Waals surface area contributed by atoms with Crippen LogP contribution in [0.3, 0.4) is 0 Å². The minimum atomic E-state index is -1.80. The Labute approximate surface area is 522 Å². The summed E-state index contributed by atoms with van der Waals surface area (Å²) in [5.41, 5.74) is 0. The molecule has 0 aromatic heterocycles. The fourth-order valence-corrected chi connectivity index (χ4v) is 10.8. The van der Waals surface area contributed by atoms with Gasteiger partial charge in [0.15, 0.2) is 12.6 Å². The van der Waals surface area contributed by atoms with E-state index >= 15 is 0 Å². The Morgan fingerprint density at radius 1 is 0.430 bits per heavy atom. The average Bonchev–Trinajstić information content (AvgIpc) is 2.54. The summed E-state index contributed by atoms with van der Waals surface area (Å²) in [6.07, 6.45) is 61.7. The van der Waals surface area contributed by atoms with E-state index in [1.165, 1.54) is 122 Å². The highest BCUT2D eigenvalue weighted by Crippen LogP contribution is 2.30. The van der Waals surface area contributed by atoms with E-state index in [1.807, 2.05) is 6.08 Å². The molecule has 2 heterocycles. The van der Waals surface area contributed by atoms with Gasteiger partial charge in [0.2, 0.25) is 5.91 Å². The van der Waals surface area contributed by atoms with Crippen molar-refractivity contribution >= 4 is 5.91 Å². The summed E-state index contributed by atoms with van der Waals surface area (Å²) in [5, 5.41) is 87.4. The summed E-state index contributed by atoms with van der Waals surface area (Å²) < 4.78 is 22.8. The molecule has 12 atom stereocenters. The molecule has 0 radical (unpaired) electrons. The Morgan fingerprint density at radius 3 is 1.28 bits per heavy atom. The third kappa shape index (κ3) is 39.8. The van der Waals surface area contributed by atoms with Gasteiger partial charge in [-0.1, -0.05) is 259 Å². The van der Waals surface area contributed by atoms with Gasteiger partial charge < -0.3 is 65.1 Å². The van der Waals surface area contributed by atoms with Gasteiger partial charge in [-0.15, -0.1) is 0 Å². The highest BCUT2D eigenvalue weighted by atomic mass is 16.7. The highest BCUT2D eigenvalue weighted by Gasteiger charge is 2.51. The number of aliphatic hydroxyl groups excluding tert-OH is 8. The van der Waals surface area contributed by atoms with Gasteiger partial charge in [-0.05, 0) is 89.9 Å². The molecule has 0 saturated carbocycles. The molecule has 2 aliphatic heterocycles. The standard InChI is InChI=1S/C72H125NO13/c1-3-5-7-9-11-13-15-17-19-21-23-25-27-28-29-30-31-32-34-35-37-39-41-43-45-47-49-51-53-55-61(76)60(59-83-71-69(82)67(80)70(63(58-75)85-71)86-72-68(81)66(79)65(78)62(57-74)84-72)73-64(77)56-54-52-50-48-46-44-42-40-38-36-33-26-24-22-20-18-16-14-12-10-8-6-4-2/h6,8,12,14,18,20,24,26,36-39,45,47,53,55,60-63,65-72,74-76,78-82H,3-5,7,9-11,13,15-17,19,21-23,25,27-35,40-44,46,48-52,54,56-59H2,1-2H3,(H,73,77)/b8-6-,14-12-,20-18-,26-24-,38-36-,39-37+,47-45+,55-53+. The van der Waals surface area contributed by atoms with Crippen LogP contribution in [0.2, 0.25) is 0 Å². The number of unbranched alkanes of at least 4 members (excludes halogenated alkanes) is 28. The number of allylic oxidation sites excluding steroid dienone is 15. The van der Waals surface area contributed by atoms with E-state index < -0.39 is 86.8 Å². The number of aliphatic hydroxyl groups is 8. The van der Waals surface area contributed by atoms with E-state index in [0.717, 1.165) is 103 Å². The van der Waals surface area contributed by atoms with Gasteiger partial charge in [-0.25, -0.2) is 0 Å². The lowest BCUT2D eigenvalue weighted by Crippen LogP contribution is -2.65. The molecule has 0 spiro atoms. The quantitative estimate of drug-likeness (QED) is 0.0204. The number of carbonyl (C=O) groups excluding carboxylic acids is 1. The molecule has 86 heavy (non-hydrogen) atoms. The molecular formula is C72H125NO13. The fourth-order valence-electron chi connectivity index (χ4n) is 10.8. The Bertz CT molecular complexity index is 1810. The van der Waals surface area contributed by atoms with E-state index in [2.05, 4.69) is 104 Å². The maximum Gasteiger partial charge on any atom is 0.220 e. The molecule has 14 nitrogen and oxygen atoms in total. The van der Waals surface area contributed by atoms with Gasteiger partial charge in [-0.3, -0.25) is 4.79 Å². The summed E-state index contributed by atoms with van der Waals surface area (Å²) in [7, 11) is 0. The molecule has 2 saturated heterocycles. The SMILES string of the molecule is CC/C=C\C/C=C\C/C=C\C/C=C\C/C=C\CCCCCCCCCC(=O)NC(COC1OC(CO)C(OC2OC(CO)C(O)C(O)C2O)C(O)C1O)C(O)/C=C/CC/C=C/CC/C=C/CCCCCCCCCCCCCCCCCCCCC. The maximum atomic E-state index is 13.3. The number of rotatable bonds is 55. The summed E-state index contributed by atoms with van der Waals surface area (Å²) in [6.45, 7) is 2.67. The van der Waals surface area contributed by atoms with Crippen molar-refractivity contribution in [3.05, 3.63) is 97.2 Å². The Kier molecular flexibility index (Phi) is 51.4. The first-order chi connectivity index (χ1) is 42.1. The lowest BCUT2D eigenvalue weighted by molar-refractivity contribution is -0.359. The van der Waals surface area contributed by atoms with Gasteiger partial charge in [-0.2, -0.15) is 0 Å². The van der Waals surface area contributed by atoms with Crippen LogP contribution >= 0.6 is 0 Å². The van der Waals surface area contributed by atoms with Crippen LogP contribution in [0.25, 0.3) is 0 Å². The first-order valence-electron chi connectivity index (χ1n) is 34.5. The van der Waals surface area contributed by atoms with Crippen molar-refractivity contribution in [2.75, 3.05) is 19.8 Å². The number of hydrogen-bond donors (Lipinski definition) is 9. The predicted octanol–water partition coefficient (Wildman–Crippen LogP) is 13.8. The molecular weight excluding hydrogens is 1090 g/mol. The molecule has 2 fully saturated rings. The highest BCUT2D eigenvalue weighted by molar-refractivity contribution is 5.76. The van der Waals surface area contributed by atoms with Gasteiger partial charge in [0, 0.05) is 6.42 Å². The van der Waals surface area contributed by atoms with E-state index in [-0.39, 0.29) is 18.9 Å². The smallest absolute Gasteiger partial charge is 0.220 e.